The highest BCUT2D eigenvalue weighted by molar-refractivity contribution is 9.10. The zero-order valence-electron chi connectivity index (χ0n) is 12.2. The van der Waals surface area contributed by atoms with E-state index in [1.165, 1.54) is 0 Å². The molecule has 0 aliphatic rings. The van der Waals surface area contributed by atoms with Crippen LogP contribution in [0.5, 0.6) is 0 Å². The molecule has 0 spiro atoms. The van der Waals surface area contributed by atoms with Crippen molar-refractivity contribution in [2.75, 3.05) is 0 Å². The second-order valence-electron chi connectivity index (χ2n) is 5.06. The number of halogens is 1. The molecule has 0 amide bonds. The molecule has 0 aliphatic carbocycles. The van der Waals surface area contributed by atoms with Crippen LogP contribution >= 0.6 is 15.9 Å². The van der Waals surface area contributed by atoms with Crippen molar-refractivity contribution in [1.29, 1.82) is 0 Å². The quantitative estimate of drug-likeness (QED) is 0.550. The molecule has 22 heavy (non-hydrogen) atoms. The zero-order chi connectivity index (χ0) is 15.4. The summed E-state index contributed by atoms with van der Waals surface area (Å²) in [5, 5.41) is 0. The van der Waals surface area contributed by atoms with E-state index in [1.807, 2.05) is 36.7 Å². The van der Waals surface area contributed by atoms with Crippen LogP contribution in [-0.2, 0) is 6.54 Å². The third-order valence-corrected chi connectivity index (χ3v) is 4.28. The van der Waals surface area contributed by atoms with Crippen LogP contribution < -0.4 is 0 Å². The molecular formula is C19H17BrN2. The Hall–Kier alpha value is -2.13. The summed E-state index contributed by atoms with van der Waals surface area (Å²) >= 11 is 3.67. The molecule has 0 aliphatic heterocycles. The highest BCUT2D eigenvalue weighted by Crippen LogP contribution is 2.35. The Labute approximate surface area is 139 Å². The molecule has 0 radical (unpaired) electrons. The van der Waals surface area contributed by atoms with E-state index in [2.05, 4.69) is 62.4 Å². The molecule has 0 unspecified atom stereocenters. The summed E-state index contributed by atoms with van der Waals surface area (Å²) in [5.74, 6) is 0. The zero-order valence-corrected chi connectivity index (χ0v) is 13.8. The van der Waals surface area contributed by atoms with Gasteiger partial charge in [0, 0.05) is 22.1 Å². The minimum absolute atomic E-state index is 0.875. The van der Waals surface area contributed by atoms with Gasteiger partial charge in [-0.15, -0.1) is 6.58 Å². The molecule has 0 N–H and O–H groups in total. The average Bonchev–Trinajstić information content (AvgIpc) is 2.98. The summed E-state index contributed by atoms with van der Waals surface area (Å²) in [6.07, 6.45) is 4.77. The van der Waals surface area contributed by atoms with Gasteiger partial charge in [0.05, 0.1) is 17.7 Å². The second kappa shape index (κ2) is 6.75. The minimum Gasteiger partial charge on any atom is -0.330 e. The first-order chi connectivity index (χ1) is 10.8. The summed E-state index contributed by atoms with van der Waals surface area (Å²) < 4.78 is 3.27. The first-order valence-corrected chi connectivity index (χ1v) is 8.07. The molecule has 3 heteroatoms. The Morgan fingerprint density at radius 2 is 1.77 bits per heavy atom. The van der Waals surface area contributed by atoms with Gasteiger partial charge in [0.1, 0.15) is 0 Å². The maximum absolute atomic E-state index is 4.66. The fraction of sp³-hybridized carbons (Fsp3) is 0.105. The van der Waals surface area contributed by atoms with E-state index in [1.54, 1.807) is 0 Å². The van der Waals surface area contributed by atoms with Gasteiger partial charge >= 0.3 is 0 Å². The lowest BCUT2D eigenvalue weighted by Crippen LogP contribution is -1.99. The highest BCUT2D eigenvalue weighted by atomic mass is 79.9. The lowest BCUT2D eigenvalue weighted by Gasteiger charge is -2.11. The van der Waals surface area contributed by atoms with E-state index in [4.69, 9.17) is 0 Å². The molecule has 0 saturated carbocycles. The highest BCUT2D eigenvalue weighted by Gasteiger charge is 2.16. The molecule has 1 heterocycles. The van der Waals surface area contributed by atoms with E-state index in [0.29, 0.717) is 0 Å². The van der Waals surface area contributed by atoms with Gasteiger partial charge in [-0.25, -0.2) is 4.98 Å². The van der Waals surface area contributed by atoms with Gasteiger partial charge in [0.2, 0.25) is 0 Å². The van der Waals surface area contributed by atoms with Crippen LogP contribution in [0.1, 0.15) is 6.42 Å². The van der Waals surface area contributed by atoms with Crippen LogP contribution in [0.15, 0.2) is 78.1 Å². The van der Waals surface area contributed by atoms with E-state index < -0.39 is 0 Å². The predicted octanol–water partition coefficient (Wildman–Crippen LogP) is 5.56. The fourth-order valence-corrected chi connectivity index (χ4v) is 3.00. The standard InChI is InChI=1S/C19H17BrN2/c1-2-3-13-22-14-21-18(15-9-5-4-6-10-15)19(22)16-11-7-8-12-17(16)20/h2,4-12,14H,1,3,13H2. The third-order valence-electron chi connectivity index (χ3n) is 3.59. The smallest absolute Gasteiger partial charge is 0.0963 e. The summed E-state index contributed by atoms with van der Waals surface area (Å²) in [7, 11) is 0. The van der Waals surface area contributed by atoms with E-state index in [0.717, 1.165) is 40.0 Å². The van der Waals surface area contributed by atoms with Crippen molar-refractivity contribution in [2.24, 2.45) is 0 Å². The van der Waals surface area contributed by atoms with Crippen molar-refractivity contribution >= 4 is 15.9 Å². The van der Waals surface area contributed by atoms with Gasteiger partial charge in [-0.1, -0.05) is 70.5 Å². The molecular weight excluding hydrogens is 336 g/mol. The van der Waals surface area contributed by atoms with E-state index in [9.17, 15) is 0 Å². The van der Waals surface area contributed by atoms with Crippen LogP contribution in [-0.4, -0.2) is 9.55 Å². The maximum Gasteiger partial charge on any atom is 0.0963 e. The Morgan fingerprint density at radius 1 is 1.05 bits per heavy atom. The number of hydrogen-bond donors (Lipinski definition) is 0. The third kappa shape index (κ3) is 2.90. The van der Waals surface area contributed by atoms with Gasteiger partial charge in [-0.3, -0.25) is 0 Å². The SMILES string of the molecule is C=CCCn1cnc(-c2ccccc2)c1-c1ccccc1Br. The van der Waals surface area contributed by atoms with Crippen molar-refractivity contribution in [1.82, 2.24) is 9.55 Å². The van der Waals surface area contributed by atoms with Crippen LogP contribution in [0.25, 0.3) is 22.5 Å². The molecule has 0 saturated heterocycles. The van der Waals surface area contributed by atoms with Crippen molar-refractivity contribution in [3.8, 4) is 22.5 Å². The van der Waals surface area contributed by atoms with Crippen LogP contribution in [0, 0.1) is 0 Å². The van der Waals surface area contributed by atoms with Gasteiger partial charge in [0.25, 0.3) is 0 Å². The summed E-state index contributed by atoms with van der Waals surface area (Å²) in [6.45, 7) is 4.69. The fourth-order valence-electron chi connectivity index (χ4n) is 2.53. The van der Waals surface area contributed by atoms with Crippen molar-refractivity contribution in [3.05, 3.63) is 78.1 Å². The Balaban J connectivity index is 2.18. The molecule has 0 atom stereocenters. The molecule has 1 aromatic heterocycles. The first kappa shape index (κ1) is 14.8. The van der Waals surface area contributed by atoms with Crippen molar-refractivity contribution in [3.63, 3.8) is 0 Å². The predicted molar refractivity (Wildman–Crippen MR) is 95.6 cm³/mol. The lowest BCUT2D eigenvalue weighted by molar-refractivity contribution is 0.716. The molecule has 2 nitrogen and oxygen atoms in total. The number of rotatable bonds is 5. The Kier molecular flexibility index (Phi) is 4.54. The van der Waals surface area contributed by atoms with Gasteiger partial charge in [-0.2, -0.15) is 0 Å². The molecule has 3 aromatic rings. The molecule has 2 aromatic carbocycles. The van der Waals surface area contributed by atoms with E-state index >= 15 is 0 Å². The number of nitrogens with zero attached hydrogens (tertiary/aromatic N) is 2. The van der Waals surface area contributed by atoms with Crippen LogP contribution in [0.2, 0.25) is 0 Å². The first-order valence-electron chi connectivity index (χ1n) is 7.27. The lowest BCUT2D eigenvalue weighted by atomic mass is 10.0. The largest absolute Gasteiger partial charge is 0.330 e. The molecule has 0 bridgehead atoms. The normalized spacial score (nSPS) is 10.6. The summed E-state index contributed by atoms with van der Waals surface area (Å²) in [6, 6.07) is 18.6. The number of benzene rings is 2. The van der Waals surface area contributed by atoms with Crippen LogP contribution in [0.4, 0.5) is 0 Å². The maximum atomic E-state index is 4.66. The van der Waals surface area contributed by atoms with Gasteiger partial charge < -0.3 is 4.57 Å². The van der Waals surface area contributed by atoms with E-state index in [-0.39, 0.29) is 0 Å². The molecule has 110 valence electrons. The topological polar surface area (TPSA) is 17.8 Å². The minimum atomic E-state index is 0.875. The monoisotopic (exact) mass is 352 g/mol. The number of aromatic nitrogens is 2. The number of imidazole rings is 1. The van der Waals surface area contributed by atoms with Crippen molar-refractivity contribution < 1.29 is 0 Å². The summed E-state index contributed by atoms with van der Waals surface area (Å²) in [4.78, 5) is 4.66. The molecule has 3 rings (SSSR count). The Bertz CT molecular complexity index is 775. The average molecular weight is 353 g/mol. The number of hydrogen-bond acceptors (Lipinski definition) is 1. The summed E-state index contributed by atoms with van der Waals surface area (Å²) in [5.41, 5.74) is 4.44. The van der Waals surface area contributed by atoms with Gasteiger partial charge in [-0.05, 0) is 12.5 Å². The van der Waals surface area contributed by atoms with Gasteiger partial charge in [0.15, 0.2) is 0 Å². The van der Waals surface area contributed by atoms with Crippen LogP contribution in [0.3, 0.4) is 0 Å². The Morgan fingerprint density at radius 3 is 2.50 bits per heavy atom. The second-order valence-corrected chi connectivity index (χ2v) is 5.91. The van der Waals surface area contributed by atoms with Crippen molar-refractivity contribution in [2.45, 2.75) is 13.0 Å². The number of allylic oxidation sites excluding steroid dienone is 1. The number of aryl methyl sites for hydroxylation is 1. The molecule has 0 fully saturated rings.